The van der Waals surface area contributed by atoms with Crippen LogP contribution in [0, 0.1) is 0 Å². The molecule has 78 valence electrons. The smallest absolute Gasteiger partial charge is 0.0568 e. The lowest BCUT2D eigenvalue weighted by Gasteiger charge is -2.16. The summed E-state index contributed by atoms with van der Waals surface area (Å²) in [7, 11) is 0. The molecule has 0 aromatic heterocycles. The van der Waals surface area contributed by atoms with Crippen LogP contribution in [0.15, 0.2) is 22.7 Å². The van der Waals surface area contributed by atoms with Crippen molar-refractivity contribution < 1.29 is 0 Å². The van der Waals surface area contributed by atoms with Crippen LogP contribution in [0.4, 0.5) is 5.69 Å². The molecular formula is C10H14BrClN2. The summed E-state index contributed by atoms with van der Waals surface area (Å²) in [5.41, 5.74) is 6.60. The van der Waals surface area contributed by atoms with Crippen LogP contribution in [0.2, 0.25) is 5.02 Å². The number of rotatable bonds is 4. The number of halogens is 2. The molecule has 0 heterocycles. The Morgan fingerprint density at radius 3 is 2.79 bits per heavy atom. The Kier molecular flexibility index (Phi) is 4.72. The van der Waals surface area contributed by atoms with Gasteiger partial charge in [0, 0.05) is 22.7 Å². The van der Waals surface area contributed by atoms with E-state index in [0.29, 0.717) is 17.6 Å². The van der Waals surface area contributed by atoms with E-state index in [1.807, 2.05) is 18.2 Å². The van der Waals surface area contributed by atoms with Gasteiger partial charge in [-0.05, 0) is 40.5 Å². The lowest BCUT2D eigenvalue weighted by atomic mass is 10.2. The van der Waals surface area contributed by atoms with Crippen LogP contribution >= 0.6 is 27.5 Å². The van der Waals surface area contributed by atoms with Gasteiger partial charge in [0.25, 0.3) is 0 Å². The Morgan fingerprint density at radius 1 is 1.57 bits per heavy atom. The standard InChI is InChI=1S/C10H14BrClN2/c1-2-7(6-13)14-8-3-4-9(11)10(12)5-8/h3-5,7,14H,2,6,13H2,1H3. The number of hydrogen-bond donors (Lipinski definition) is 2. The number of nitrogens with one attached hydrogen (secondary N) is 1. The van der Waals surface area contributed by atoms with E-state index < -0.39 is 0 Å². The number of benzene rings is 1. The monoisotopic (exact) mass is 276 g/mol. The predicted molar refractivity (Wildman–Crippen MR) is 65.9 cm³/mol. The van der Waals surface area contributed by atoms with Crippen molar-refractivity contribution in [3.05, 3.63) is 27.7 Å². The van der Waals surface area contributed by atoms with Gasteiger partial charge in [-0.3, -0.25) is 0 Å². The summed E-state index contributed by atoms with van der Waals surface area (Å²) in [6, 6.07) is 6.11. The zero-order chi connectivity index (χ0) is 10.6. The van der Waals surface area contributed by atoms with Crippen molar-refractivity contribution in [2.75, 3.05) is 11.9 Å². The van der Waals surface area contributed by atoms with Crippen LogP contribution in [-0.4, -0.2) is 12.6 Å². The Balaban J connectivity index is 2.72. The van der Waals surface area contributed by atoms with Crippen molar-refractivity contribution in [1.29, 1.82) is 0 Å². The van der Waals surface area contributed by atoms with E-state index in [4.69, 9.17) is 17.3 Å². The van der Waals surface area contributed by atoms with Crippen molar-refractivity contribution in [3.8, 4) is 0 Å². The fourth-order valence-electron chi connectivity index (χ4n) is 1.15. The number of anilines is 1. The average molecular weight is 278 g/mol. The van der Waals surface area contributed by atoms with E-state index in [2.05, 4.69) is 28.2 Å². The maximum absolute atomic E-state index is 5.97. The minimum absolute atomic E-state index is 0.312. The first kappa shape index (κ1) is 11.8. The maximum atomic E-state index is 5.97. The van der Waals surface area contributed by atoms with Gasteiger partial charge in [-0.2, -0.15) is 0 Å². The molecule has 0 aliphatic carbocycles. The molecule has 0 aliphatic heterocycles. The van der Waals surface area contributed by atoms with Crippen LogP contribution in [0.5, 0.6) is 0 Å². The zero-order valence-corrected chi connectivity index (χ0v) is 10.4. The average Bonchev–Trinajstić information content (AvgIpc) is 2.19. The van der Waals surface area contributed by atoms with Crippen molar-refractivity contribution in [2.45, 2.75) is 19.4 Å². The lowest BCUT2D eigenvalue weighted by molar-refractivity contribution is 0.704. The number of hydrogen-bond acceptors (Lipinski definition) is 2. The minimum Gasteiger partial charge on any atom is -0.381 e. The molecule has 0 fully saturated rings. The summed E-state index contributed by atoms with van der Waals surface area (Å²) in [6.45, 7) is 2.73. The minimum atomic E-state index is 0.312. The molecule has 1 atom stereocenters. The molecule has 0 amide bonds. The fraction of sp³-hybridized carbons (Fsp3) is 0.400. The Bertz CT molecular complexity index is 300. The fourth-order valence-corrected chi connectivity index (χ4v) is 1.58. The van der Waals surface area contributed by atoms with Gasteiger partial charge in [-0.15, -0.1) is 0 Å². The highest BCUT2D eigenvalue weighted by atomic mass is 79.9. The molecule has 2 nitrogen and oxygen atoms in total. The first-order chi connectivity index (χ1) is 6.67. The quantitative estimate of drug-likeness (QED) is 0.886. The zero-order valence-electron chi connectivity index (χ0n) is 8.06. The molecule has 0 saturated carbocycles. The molecule has 0 radical (unpaired) electrons. The summed E-state index contributed by atoms with van der Waals surface area (Å²) in [4.78, 5) is 0. The normalized spacial score (nSPS) is 12.6. The highest BCUT2D eigenvalue weighted by Gasteiger charge is 2.04. The third-order valence-corrected chi connectivity index (χ3v) is 3.30. The van der Waals surface area contributed by atoms with Gasteiger partial charge in [-0.25, -0.2) is 0 Å². The third kappa shape index (κ3) is 3.15. The van der Waals surface area contributed by atoms with E-state index in [9.17, 15) is 0 Å². The van der Waals surface area contributed by atoms with E-state index >= 15 is 0 Å². The van der Waals surface area contributed by atoms with Gasteiger partial charge in [0.15, 0.2) is 0 Å². The van der Waals surface area contributed by atoms with E-state index in [1.54, 1.807) is 0 Å². The topological polar surface area (TPSA) is 38.0 Å². The molecule has 3 N–H and O–H groups in total. The second kappa shape index (κ2) is 5.59. The van der Waals surface area contributed by atoms with Crippen LogP contribution in [0.3, 0.4) is 0 Å². The predicted octanol–water partition coefficient (Wildman–Crippen LogP) is 3.25. The molecule has 1 unspecified atom stereocenters. The van der Waals surface area contributed by atoms with Gasteiger partial charge in [0.1, 0.15) is 0 Å². The van der Waals surface area contributed by atoms with Crippen LogP contribution < -0.4 is 11.1 Å². The first-order valence-electron chi connectivity index (χ1n) is 4.59. The summed E-state index contributed by atoms with van der Waals surface area (Å²) in [6.07, 6.45) is 1.00. The largest absolute Gasteiger partial charge is 0.381 e. The van der Waals surface area contributed by atoms with Gasteiger partial charge in [0.05, 0.1) is 5.02 Å². The first-order valence-corrected chi connectivity index (χ1v) is 5.76. The summed E-state index contributed by atoms with van der Waals surface area (Å²) in [5, 5.41) is 4.03. The van der Waals surface area contributed by atoms with E-state index in [1.165, 1.54) is 0 Å². The molecule has 1 aromatic rings. The van der Waals surface area contributed by atoms with Crippen LogP contribution in [-0.2, 0) is 0 Å². The highest BCUT2D eigenvalue weighted by molar-refractivity contribution is 9.10. The molecule has 0 spiro atoms. The van der Waals surface area contributed by atoms with Crippen molar-refractivity contribution in [1.82, 2.24) is 0 Å². The van der Waals surface area contributed by atoms with Gasteiger partial charge >= 0.3 is 0 Å². The Morgan fingerprint density at radius 2 is 2.29 bits per heavy atom. The van der Waals surface area contributed by atoms with Crippen molar-refractivity contribution in [2.24, 2.45) is 5.73 Å². The molecular weight excluding hydrogens is 263 g/mol. The second-order valence-electron chi connectivity index (χ2n) is 3.11. The molecule has 4 heteroatoms. The van der Waals surface area contributed by atoms with Crippen molar-refractivity contribution in [3.63, 3.8) is 0 Å². The summed E-state index contributed by atoms with van der Waals surface area (Å²) in [5.74, 6) is 0. The van der Waals surface area contributed by atoms with E-state index in [-0.39, 0.29) is 0 Å². The van der Waals surface area contributed by atoms with Crippen LogP contribution in [0.1, 0.15) is 13.3 Å². The summed E-state index contributed by atoms with van der Waals surface area (Å²) < 4.78 is 0.908. The van der Waals surface area contributed by atoms with Gasteiger partial charge in [0.2, 0.25) is 0 Å². The van der Waals surface area contributed by atoms with Gasteiger partial charge < -0.3 is 11.1 Å². The van der Waals surface area contributed by atoms with Crippen molar-refractivity contribution >= 4 is 33.2 Å². The third-order valence-electron chi connectivity index (χ3n) is 2.07. The molecule has 14 heavy (non-hydrogen) atoms. The molecule has 1 aromatic carbocycles. The molecule has 1 rings (SSSR count). The molecule has 0 aliphatic rings. The highest BCUT2D eigenvalue weighted by Crippen LogP contribution is 2.25. The molecule has 0 saturated heterocycles. The SMILES string of the molecule is CCC(CN)Nc1ccc(Br)c(Cl)c1. The maximum Gasteiger partial charge on any atom is 0.0568 e. The number of nitrogens with two attached hydrogens (primary N) is 1. The summed E-state index contributed by atoms with van der Waals surface area (Å²) >= 11 is 9.31. The molecule has 0 bridgehead atoms. The van der Waals surface area contributed by atoms with E-state index in [0.717, 1.165) is 16.6 Å². The van der Waals surface area contributed by atoms with Gasteiger partial charge in [-0.1, -0.05) is 18.5 Å². The Labute approximate surface area is 98.0 Å². The Hall–Kier alpha value is -0.250. The van der Waals surface area contributed by atoms with Crippen LogP contribution in [0.25, 0.3) is 0 Å². The lowest BCUT2D eigenvalue weighted by Crippen LogP contribution is -2.27. The second-order valence-corrected chi connectivity index (χ2v) is 4.38.